The third-order valence-corrected chi connectivity index (χ3v) is 5.31. The molecule has 3 rings (SSSR count). The largest absolute Gasteiger partial charge is 0.377 e. The van der Waals surface area contributed by atoms with E-state index in [2.05, 4.69) is 22.8 Å². The van der Waals surface area contributed by atoms with E-state index in [0.29, 0.717) is 12.6 Å². The zero-order valence-corrected chi connectivity index (χ0v) is 14.5. The lowest BCUT2D eigenvalue weighted by Crippen LogP contribution is -2.43. The highest BCUT2D eigenvalue weighted by molar-refractivity contribution is 5.82. The Balaban J connectivity index is 1.22. The number of rotatable bonds is 8. The normalized spacial score (nSPS) is 26.1. The van der Waals surface area contributed by atoms with Crippen LogP contribution in [0.25, 0.3) is 0 Å². The van der Waals surface area contributed by atoms with Crippen LogP contribution in [0.15, 0.2) is 30.3 Å². The fourth-order valence-corrected chi connectivity index (χ4v) is 3.95. The van der Waals surface area contributed by atoms with Crippen LogP contribution in [0.2, 0.25) is 0 Å². The first-order chi connectivity index (χ1) is 11.8. The highest BCUT2D eigenvalue weighted by atomic mass is 16.5. The summed E-state index contributed by atoms with van der Waals surface area (Å²) in [5, 5.41) is 6.62. The Hall–Kier alpha value is -1.39. The van der Waals surface area contributed by atoms with Crippen molar-refractivity contribution < 1.29 is 9.53 Å². The lowest BCUT2D eigenvalue weighted by atomic mass is 9.85. The van der Waals surface area contributed by atoms with Crippen LogP contribution >= 0.6 is 0 Å². The summed E-state index contributed by atoms with van der Waals surface area (Å²) in [5.41, 5.74) is 1.21. The minimum absolute atomic E-state index is 0.0347. The number of carbonyl (C=O) groups is 1. The lowest BCUT2D eigenvalue weighted by Gasteiger charge is -2.24. The molecular weight excluding hydrogens is 300 g/mol. The second kappa shape index (κ2) is 9.19. The van der Waals surface area contributed by atoms with Gasteiger partial charge in [-0.3, -0.25) is 4.79 Å². The van der Waals surface area contributed by atoms with Crippen molar-refractivity contribution in [1.82, 2.24) is 10.6 Å². The van der Waals surface area contributed by atoms with E-state index in [1.165, 1.54) is 31.2 Å². The van der Waals surface area contributed by atoms with Gasteiger partial charge in [0.05, 0.1) is 12.6 Å². The van der Waals surface area contributed by atoms with Gasteiger partial charge in [-0.25, -0.2) is 0 Å². The Morgan fingerprint density at radius 2 is 2.00 bits per heavy atom. The molecule has 3 unspecified atom stereocenters. The van der Waals surface area contributed by atoms with Crippen LogP contribution in [0.3, 0.4) is 0 Å². The van der Waals surface area contributed by atoms with Crippen LogP contribution in [0.1, 0.15) is 50.5 Å². The van der Waals surface area contributed by atoms with Crippen molar-refractivity contribution in [2.45, 2.75) is 63.6 Å². The molecule has 1 saturated heterocycles. The first-order valence-electron chi connectivity index (χ1n) is 9.48. The molecule has 1 aromatic carbocycles. The van der Waals surface area contributed by atoms with Crippen molar-refractivity contribution in [3.8, 4) is 0 Å². The molecular formula is C20H30N2O2. The van der Waals surface area contributed by atoms with Crippen LogP contribution in [-0.4, -0.2) is 31.1 Å². The van der Waals surface area contributed by atoms with Gasteiger partial charge in [-0.1, -0.05) is 43.2 Å². The number of fused-ring (bicyclic) bond motifs is 1. The van der Waals surface area contributed by atoms with Gasteiger partial charge in [0.2, 0.25) is 5.91 Å². The number of amides is 1. The van der Waals surface area contributed by atoms with E-state index >= 15 is 0 Å². The molecule has 1 aliphatic carbocycles. The van der Waals surface area contributed by atoms with Crippen LogP contribution in [0.4, 0.5) is 0 Å². The first kappa shape index (κ1) is 17.4. The number of hydrogen-bond acceptors (Lipinski definition) is 3. The second-order valence-electron chi connectivity index (χ2n) is 7.14. The zero-order chi connectivity index (χ0) is 16.6. The SMILES string of the molecule is O=C(NCCCCOCc1ccccc1)C1CC2CCCCC2N1. The highest BCUT2D eigenvalue weighted by Crippen LogP contribution is 2.33. The van der Waals surface area contributed by atoms with Crippen molar-refractivity contribution in [3.63, 3.8) is 0 Å². The molecule has 1 heterocycles. The molecule has 3 atom stereocenters. The smallest absolute Gasteiger partial charge is 0.237 e. The van der Waals surface area contributed by atoms with Crippen LogP contribution in [0.5, 0.6) is 0 Å². The first-order valence-corrected chi connectivity index (χ1v) is 9.48. The molecule has 24 heavy (non-hydrogen) atoms. The summed E-state index contributed by atoms with van der Waals surface area (Å²) in [6.45, 7) is 2.17. The van der Waals surface area contributed by atoms with Crippen LogP contribution in [-0.2, 0) is 16.1 Å². The molecule has 1 aliphatic heterocycles. The number of carbonyl (C=O) groups excluding carboxylic acids is 1. The average Bonchev–Trinajstić information content (AvgIpc) is 3.06. The fourth-order valence-electron chi connectivity index (χ4n) is 3.95. The third kappa shape index (κ3) is 5.05. The Kier molecular flexibility index (Phi) is 6.67. The van der Waals surface area contributed by atoms with Gasteiger partial charge in [-0.05, 0) is 43.6 Å². The van der Waals surface area contributed by atoms with Gasteiger partial charge in [0, 0.05) is 19.2 Å². The number of unbranched alkanes of at least 4 members (excludes halogenated alkanes) is 1. The number of nitrogens with one attached hydrogen (secondary N) is 2. The Morgan fingerprint density at radius 3 is 2.83 bits per heavy atom. The van der Waals surface area contributed by atoms with E-state index in [1.807, 2.05) is 18.2 Å². The van der Waals surface area contributed by atoms with Gasteiger partial charge in [-0.2, -0.15) is 0 Å². The van der Waals surface area contributed by atoms with Crippen molar-refractivity contribution in [1.29, 1.82) is 0 Å². The standard InChI is InChI=1S/C20H30N2O2/c23-20(19-14-17-10-4-5-11-18(17)22-19)21-12-6-7-13-24-15-16-8-2-1-3-9-16/h1-3,8-9,17-19,22H,4-7,10-15H2,(H,21,23). The van der Waals surface area contributed by atoms with E-state index in [-0.39, 0.29) is 11.9 Å². The average molecular weight is 330 g/mol. The maximum Gasteiger partial charge on any atom is 0.237 e. The minimum atomic E-state index is 0.0347. The van der Waals surface area contributed by atoms with Gasteiger partial charge in [-0.15, -0.1) is 0 Å². The molecule has 2 fully saturated rings. The topological polar surface area (TPSA) is 50.4 Å². The second-order valence-corrected chi connectivity index (χ2v) is 7.14. The van der Waals surface area contributed by atoms with Gasteiger partial charge in [0.15, 0.2) is 0 Å². The fraction of sp³-hybridized carbons (Fsp3) is 0.650. The molecule has 4 nitrogen and oxygen atoms in total. The summed E-state index contributed by atoms with van der Waals surface area (Å²) in [5.74, 6) is 0.912. The van der Waals surface area contributed by atoms with Crippen molar-refractivity contribution in [2.75, 3.05) is 13.2 Å². The molecule has 0 bridgehead atoms. The van der Waals surface area contributed by atoms with E-state index < -0.39 is 0 Å². The van der Waals surface area contributed by atoms with Gasteiger partial charge < -0.3 is 15.4 Å². The number of ether oxygens (including phenoxy) is 1. The number of benzene rings is 1. The Labute approximate surface area is 145 Å². The van der Waals surface area contributed by atoms with Crippen LogP contribution < -0.4 is 10.6 Å². The maximum atomic E-state index is 12.3. The van der Waals surface area contributed by atoms with Crippen molar-refractivity contribution >= 4 is 5.91 Å². The van der Waals surface area contributed by atoms with E-state index in [1.54, 1.807) is 0 Å². The van der Waals surface area contributed by atoms with E-state index in [0.717, 1.165) is 38.3 Å². The van der Waals surface area contributed by atoms with Crippen molar-refractivity contribution in [2.24, 2.45) is 5.92 Å². The maximum absolute atomic E-state index is 12.3. The lowest BCUT2D eigenvalue weighted by molar-refractivity contribution is -0.122. The molecule has 132 valence electrons. The molecule has 1 saturated carbocycles. The molecule has 1 amide bonds. The Morgan fingerprint density at radius 1 is 1.17 bits per heavy atom. The molecule has 2 aliphatic rings. The summed E-state index contributed by atoms with van der Waals surface area (Å²) < 4.78 is 5.67. The van der Waals surface area contributed by atoms with Gasteiger partial charge in [0.1, 0.15) is 0 Å². The summed E-state index contributed by atoms with van der Waals surface area (Å²) >= 11 is 0. The molecule has 0 radical (unpaired) electrons. The quantitative estimate of drug-likeness (QED) is 0.721. The molecule has 2 N–H and O–H groups in total. The third-order valence-electron chi connectivity index (χ3n) is 5.31. The van der Waals surface area contributed by atoms with Crippen LogP contribution in [0, 0.1) is 5.92 Å². The summed E-state index contributed by atoms with van der Waals surface area (Å²) in [4.78, 5) is 12.3. The van der Waals surface area contributed by atoms with Gasteiger partial charge >= 0.3 is 0 Å². The number of hydrogen-bond donors (Lipinski definition) is 2. The minimum Gasteiger partial charge on any atom is -0.377 e. The molecule has 0 aromatic heterocycles. The Bertz CT molecular complexity index is 492. The van der Waals surface area contributed by atoms with E-state index in [4.69, 9.17) is 4.74 Å². The highest BCUT2D eigenvalue weighted by Gasteiger charge is 2.37. The predicted molar refractivity (Wildman–Crippen MR) is 95.6 cm³/mol. The predicted octanol–water partition coefficient (Wildman–Crippen LogP) is 3.02. The van der Waals surface area contributed by atoms with Crippen molar-refractivity contribution in [3.05, 3.63) is 35.9 Å². The zero-order valence-electron chi connectivity index (χ0n) is 14.5. The summed E-state index contributed by atoms with van der Waals surface area (Å²) in [7, 11) is 0. The van der Waals surface area contributed by atoms with E-state index in [9.17, 15) is 4.79 Å². The summed E-state index contributed by atoms with van der Waals surface area (Å²) in [6, 6.07) is 10.8. The molecule has 0 spiro atoms. The summed E-state index contributed by atoms with van der Waals surface area (Å²) in [6.07, 6.45) is 8.16. The molecule has 4 heteroatoms. The molecule has 1 aromatic rings. The monoisotopic (exact) mass is 330 g/mol. The van der Waals surface area contributed by atoms with Gasteiger partial charge in [0.25, 0.3) is 0 Å².